The van der Waals surface area contributed by atoms with E-state index < -0.39 is 0 Å². The van der Waals surface area contributed by atoms with Gasteiger partial charge in [-0.2, -0.15) is 0 Å². The summed E-state index contributed by atoms with van der Waals surface area (Å²) in [5.41, 5.74) is 0.703. The van der Waals surface area contributed by atoms with Crippen LogP contribution in [0, 0.1) is 0 Å². The molecule has 0 N–H and O–H groups in total. The summed E-state index contributed by atoms with van der Waals surface area (Å²) in [4.78, 5) is 11.8. The Morgan fingerprint density at radius 1 is 1.17 bits per heavy atom. The van der Waals surface area contributed by atoms with Gasteiger partial charge in [-0.15, -0.1) is 0 Å². The van der Waals surface area contributed by atoms with Gasteiger partial charge in [0, 0.05) is 4.75 Å². The van der Waals surface area contributed by atoms with Gasteiger partial charge in [-0.1, -0.05) is 70.2 Å². The number of carbonyl (C=O) groups excluding carboxylic acids is 1. The van der Waals surface area contributed by atoms with Crippen LogP contribution in [0.25, 0.3) is 0 Å². The minimum atomic E-state index is 0.209. The molecule has 1 aliphatic carbocycles. The molecule has 18 heavy (non-hydrogen) atoms. The lowest BCUT2D eigenvalue weighted by Gasteiger charge is -2.40. The SMILES string of the molecule is C=C(C)C(=O)SC1(CCCCCCCC)CCC1. The largest absolute Gasteiger partial charge is 0.282 e. The van der Waals surface area contributed by atoms with Crippen LogP contribution in [0.4, 0.5) is 0 Å². The van der Waals surface area contributed by atoms with Crippen molar-refractivity contribution in [2.24, 2.45) is 0 Å². The van der Waals surface area contributed by atoms with Gasteiger partial charge in [0.25, 0.3) is 0 Å². The third kappa shape index (κ3) is 5.17. The zero-order chi connectivity index (χ0) is 13.4. The molecule has 2 heteroatoms. The monoisotopic (exact) mass is 268 g/mol. The fourth-order valence-corrected chi connectivity index (χ4v) is 3.79. The molecule has 0 amide bonds. The predicted molar refractivity (Wildman–Crippen MR) is 82.0 cm³/mol. The topological polar surface area (TPSA) is 17.1 Å². The van der Waals surface area contributed by atoms with Crippen LogP contribution in [0.5, 0.6) is 0 Å². The lowest BCUT2D eigenvalue weighted by Crippen LogP contribution is -2.34. The number of thioether (sulfide) groups is 1. The van der Waals surface area contributed by atoms with Crippen LogP contribution in [0.15, 0.2) is 12.2 Å². The molecular formula is C16H28OS. The van der Waals surface area contributed by atoms with Crippen LogP contribution in [0.1, 0.15) is 78.1 Å². The van der Waals surface area contributed by atoms with E-state index in [2.05, 4.69) is 13.5 Å². The van der Waals surface area contributed by atoms with Crippen molar-refractivity contribution in [3.05, 3.63) is 12.2 Å². The Balaban J connectivity index is 2.20. The van der Waals surface area contributed by atoms with Gasteiger partial charge in [0.05, 0.1) is 0 Å². The molecule has 0 unspecified atom stereocenters. The van der Waals surface area contributed by atoms with E-state index in [0.29, 0.717) is 5.57 Å². The summed E-state index contributed by atoms with van der Waals surface area (Å²) in [7, 11) is 0. The fourth-order valence-electron chi connectivity index (χ4n) is 2.49. The number of hydrogen-bond acceptors (Lipinski definition) is 2. The summed E-state index contributed by atoms with van der Waals surface area (Å²) >= 11 is 1.57. The molecule has 0 heterocycles. The minimum Gasteiger partial charge on any atom is -0.282 e. The quantitative estimate of drug-likeness (QED) is 0.406. The summed E-state index contributed by atoms with van der Waals surface area (Å²) in [5.74, 6) is 0. The van der Waals surface area contributed by atoms with Crippen molar-refractivity contribution in [1.29, 1.82) is 0 Å². The van der Waals surface area contributed by atoms with Crippen molar-refractivity contribution < 1.29 is 4.79 Å². The first-order chi connectivity index (χ1) is 8.59. The predicted octanol–water partition coefficient (Wildman–Crippen LogP) is 5.50. The fraction of sp³-hybridized carbons (Fsp3) is 0.812. The summed E-state index contributed by atoms with van der Waals surface area (Å²) in [6, 6.07) is 0. The first kappa shape index (κ1) is 15.8. The first-order valence-electron chi connectivity index (χ1n) is 7.48. The van der Waals surface area contributed by atoms with E-state index in [0.717, 1.165) is 0 Å². The van der Waals surface area contributed by atoms with E-state index >= 15 is 0 Å². The van der Waals surface area contributed by atoms with Gasteiger partial charge in [-0.05, 0) is 31.8 Å². The molecular weight excluding hydrogens is 240 g/mol. The highest BCUT2D eigenvalue weighted by Gasteiger charge is 2.39. The Morgan fingerprint density at radius 3 is 2.28 bits per heavy atom. The van der Waals surface area contributed by atoms with Gasteiger partial charge in [0.2, 0.25) is 5.12 Å². The smallest absolute Gasteiger partial charge is 0.214 e. The Hall–Kier alpha value is -0.240. The van der Waals surface area contributed by atoms with Gasteiger partial charge in [0.15, 0.2) is 0 Å². The highest BCUT2D eigenvalue weighted by Crippen LogP contribution is 2.48. The summed E-state index contributed by atoms with van der Waals surface area (Å²) in [6.45, 7) is 7.84. The van der Waals surface area contributed by atoms with Crippen molar-refractivity contribution in [1.82, 2.24) is 0 Å². The Labute approximate surface area is 117 Å². The van der Waals surface area contributed by atoms with Crippen molar-refractivity contribution in [2.45, 2.75) is 82.8 Å². The number of carbonyl (C=O) groups is 1. The maximum atomic E-state index is 11.8. The maximum absolute atomic E-state index is 11.8. The molecule has 1 nitrogen and oxygen atoms in total. The van der Waals surface area contributed by atoms with Crippen LogP contribution >= 0.6 is 11.8 Å². The second-order valence-corrected chi connectivity index (χ2v) is 7.17. The molecule has 0 aromatic heterocycles. The standard InChI is InChI=1S/C16H28OS/c1-4-5-6-7-8-9-11-16(12-10-13-16)18-15(17)14(2)3/h2,4-13H2,1,3H3. The molecule has 0 radical (unpaired) electrons. The average Bonchev–Trinajstić information content (AvgIpc) is 2.29. The van der Waals surface area contributed by atoms with Gasteiger partial charge in [-0.3, -0.25) is 4.79 Å². The lowest BCUT2D eigenvalue weighted by atomic mass is 9.80. The van der Waals surface area contributed by atoms with E-state index in [1.54, 1.807) is 11.8 Å². The molecule has 0 aromatic carbocycles. The molecule has 1 saturated carbocycles. The van der Waals surface area contributed by atoms with E-state index in [1.807, 2.05) is 6.92 Å². The zero-order valence-corrected chi connectivity index (χ0v) is 12.9. The molecule has 1 fully saturated rings. The normalized spacial score (nSPS) is 17.2. The second-order valence-electron chi connectivity index (χ2n) is 5.72. The Bertz CT molecular complexity index is 279. The Kier molecular flexibility index (Phi) is 7.06. The average molecular weight is 268 g/mol. The summed E-state index contributed by atoms with van der Waals surface area (Å²) in [6.07, 6.45) is 13.0. The van der Waals surface area contributed by atoms with Crippen LogP contribution in [-0.4, -0.2) is 9.86 Å². The zero-order valence-electron chi connectivity index (χ0n) is 12.1. The van der Waals surface area contributed by atoms with Gasteiger partial charge >= 0.3 is 0 Å². The second kappa shape index (κ2) is 8.04. The summed E-state index contributed by atoms with van der Waals surface area (Å²) < 4.78 is 0.279. The number of unbranched alkanes of at least 4 members (excludes halogenated alkanes) is 5. The van der Waals surface area contributed by atoms with E-state index in [-0.39, 0.29) is 9.86 Å². The number of rotatable bonds is 9. The molecule has 0 bridgehead atoms. The first-order valence-corrected chi connectivity index (χ1v) is 8.30. The lowest BCUT2D eigenvalue weighted by molar-refractivity contribution is -0.107. The van der Waals surface area contributed by atoms with Crippen LogP contribution < -0.4 is 0 Å². The van der Waals surface area contributed by atoms with Crippen molar-refractivity contribution in [2.75, 3.05) is 0 Å². The van der Waals surface area contributed by atoms with E-state index in [1.165, 1.54) is 64.2 Å². The van der Waals surface area contributed by atoms with E-state index in [4.69, 9.17) is 0 Å². The minimum absolute atomic E-state index is 0.209. The molecule has 0 aromatic rings. The highest BCUT2D eigenvalue weighted by atomic mass is 32.2. The molecule has 1 aliphatic rings. The maximum Gasteiger partial charge on any atom is 0.214 e. The number of hydrogen-bond donors (Lipinski definition) is 0. The molecule has 104 valence electrons. The van der Waals surface area contributed by atoms with Crippen molar-refractivity contribution in [3.63, 3.8) is 0 Å². The van der Waals surface area contributed by atoms with Crippen molar-refractivity contribution >= 4 is 16.9 Å². The van der Waals surface area contributed by atoms with Crippen LogP contribution in [0.3, 0.4) is 0 Å². The van der Waals surface area contributed by atoms with Crippen molar-refractivity contribution in [3.8, 4) is 0 Å². The molecule has 0 spiro atoms. The summed E-state index contributed by atoms with van der Waals surface area (Å²) in [5, 5.41) is 0.209. The Morgan fingerprint density at radius 2 is 1.78 bits per heavy atom. The molecule has 0 aliphatic heterocycles. The van der Waals surface area contributed by atoms with E-state index in [9.17, 15) is 4.79 Å². The highest BCUT2D eigenvalue weighted by molar-refractivity contribution is 8.15. The third-order valence-electron chi connectivity index (χ3n) is 3.91. The van der Waals surface area contributed by atoms with Crippen LogP contribution in [-0.2, 0) is 4.79 Å². The third-order valence-corrected chi connectivity index (χ3v) is 5.49. The van der Waals surface area contributed by atoms with Gasteiger partial charge in [-0.25, -0.2) is 0 Å². The van der Waals surface area contributed by atoms with Gasteiger partial charge < -0.3 is 0 Å². The van der Waals surface area contributed by atoms with Crippen LogP contribution in [0.2, 0.25) is 0 Å². The molecule has 0 saturated heterocycles. The molecule has 0 atom stereocenters. The van der Waals surface area contributed by atoms with Gasteiger partial charge in [0.1, 0.15) is 0 Å². The molecule has 1 rings (SSSR count).